The molecular weight excluding hydrogens is 250 g/mol. The van der Waals surface area contributed by atoms with E-state index in [4.69, 9.17) is 17.3 Å². The van der Waals surface area contributed by atoms with Gasteiger partial charge in [0.15, 0.2) is 0 Å². The number of halogens is 1. The van der Waals surface area contributed by atoms with E-state index in [9.17, 15) is 4.79 Å². The van der Waals surface area contributed by atoms with Crippen LogP contribution in [0.1, 0.15) is 23.0 Å². The van der Waals surface area contributed by atoms with Crippen LogP contribution in [0.4, 0.5) is 0 Å². The third-order valence-corrected chi connectivity index (χ3v) is 3.35. The van der Waals surface area contributed by atoms with Crippen molar-refractivity contribution in [1.29, 1.82) is 0 Å². The van der Waals surface area contributed by atoms with Crippen LogP contribution in [0.5, 0.6) is 0 Å². The van der Waals surface area contributed by atoms with Gasteiger partial charge in [0.1, 0.15) is 0 Å². The molecule has 0 unspecified atom stereocenters. The van der Waals surface area contributed by atoms with Crippen molar-refractivity contribution in [2.45, 2.75) is 20.4 Å². The van der Waals surface area contributed by atoms with Crippen molar-refractivity contribution in [3.8, 4) is 11.3 Å². The van der Waals surface area contributed by atoms with Crippen LogP contribution in [0.3, 0.4) is 0 Å². The summed E-state index contributed by atoms with van der Waals surface area (Å²) in [5.74, 6) is -0.500. The van der Waals surface area contributed by atoms with Gasteiger partial charge in [-0.25, -0.2) is 0 Å². The summed E-state index contributed by atoms with van der Waals surface area (Å²) in [6.07, 6.45) is 3.38. The predicted octanol–water partition coefficient (Wildman–Crippen LogP) is 2.63. The van der Waals surface area contributed by atoms with Crippen molar-refractivity contribution < 1.29 is 4.79 Å². The lowest BCUT2D eigenvalue weighted by Gasteiger charge is -2.08. The van der Waals surface area contributed by atoms with Crippen molar-refractivity contribution in [1.82, 2.24) is 9.55 Å². The Morgan fingerprint density at radius 3 is 2.56 bits per heavy atom. The maximum absolute atomic E-state index is 11.5. The summed E-state index contributed by atoms with van der Waals surface area (Å²) in [7, 11) is 0. The zero-order valence-corrected chi connectivity index (χ0v) is 11.0. The number of amides is 1. The highest BCUT2D eigenvalue weighted by molar-refractivity contribution is 6.36. The van der Waals surface area contributed by atoms with Crippen LogP contribution < -0.4 is 5.73 Å². The average Bonchev–Trinajstić information content (AvgIpc) is 2.61. The first-order valence-electron chi connectivity index (χ1n) is 5.66. The second kappa shape index (κ2) is 4.82. The Morgan fingerprint density at radius 2 is 2.06 bits per heavy atom. The van der Waals surface area contributed by atoms with Crippen LogP contribution in [0, 0.1) is 6.92 Å². The van der Waals surface area contributed by atoms with Crippen LogP contribution in [-0.2, 0) is 6.54 Å². The molecule has 2 aromatic rings. The van der Waals surface area contributed by atoms with E-state index < -0.39 is 5.91 Å². The quantitative estimate of drug-likeness (QED) is 0.925. The molecule has 0 saturated carbocycles. The normalized spacial score (nSPS) is 10.6. The number of carbonyl (C=O) groups excluding carboxylic acids is 1. The summed E-state index contributed by atoms with van der Waals surface area (Å²) in [5, 5.41) is 0.410. The Kier molecular flexibility index (Phi) is 3.39. The van der Waals surface area contributed by atoms with Crippen molar-refractivity contribution in [3.63, 3.8) is 0 Å². The summed E-state index contributed by atoms with van der Waals surface area (Å²) in [4.78, 5) is 15.4. The molecule has 0 bridgehead atoms. The van der Waals surface area contributed by atoms with Gasteiger partial charge in [-0.2, -0.15) is 0 Å². The van der Waals surface area contributed by atoms with E-state index in [2.05, 4.69) is 4.98 Å². The fourth-order valence-electron chi connectivity index (χ4n) is 2.17. The lowest BCUT2D eigenvalue weighted by molar-refractivity contribution is 0.1000. The SMILES string of the molecule is CCn1c(C)c(C(N)=O)c(Cl)c1-c1ccncc1. The standard InChI is InChI=1S/C13H14ClN3O/c1-3-17-8(2)10(13(15)18)11(14)12(17)9-4-6-16-7-5-9/h4-7H,3H2,1-2H3,(H2,15,18). The number of primary amides is 1. The number of pyridine rings is 1. The minimum atomic E-state index is -0.500. The van der Waals surface area contributed by atoms with E-state index >= 15 is 0 Å². The number of hydrogen-bond acceptors (Lipinski definition) is 2. The van der Waals surface area contributed by atoms with Crippen molar-refractivity contribution in [3.05, 3.63) is 40.8 Å². The van der Waals surface area contributed by atoms with Gasteiger partial charge in [0, 0.05) is 30.2 Å². The van der Waals surface area contributed by atoms with E-state index in [0.717, 1.165) is 23.5 Å². The molecule has 0 fully saturated rings. The molecule has 18 heavy (non-hydrogen) atoms. The van der Waals surface area contributed by atoms with Gasteiger partial charge >= 0.3 is 0 Å². The third kappa shape index (κ3) is 1.88. The van der Waals surface area contributed by atoms with Gasteiger partial charge in [0.25, 0.3) is 5.91 Å². The molecule has 0 aromatic carbocycles. The van der Waals surface area contributed by atoms with E-state index in [1.807, 2.05) is 30.5 Å². The monoisotopic (exact) mass is 263 g/mol. The number of nitrogens with two attached hydrogens (primary N) is 1. The number of aromatic nitrogens is 2. The molecule has 0 saturated heterocycles. The molecule has 0 aliphatic carbocycles. The van der Waals surface area contributed by atoms with E-state index in [-0.39, 0.29) is 0 Å². The van der Waals surface area contributed by atoms with Crippen molar-refractivity contribution in [2.24, 2.45) is 5.73 Å². The highest BCUT2D eigenvalue weighted by atomic mass is 35.5. The number of carbonyl (C=O) groups is 1. The molecule has 2 N–H and O–H groups in total. The summed E-state index contributed by atoms with van der Waals surface area (Å²) in [6.45, 7) is 4.56. The topological polar surface area (TPSA) is 60.9 Å². The highest BCUT2D eigenvalue weighted by Gasteiger charge is 2.22. The number of hydrogen-bond donors (Lipinski definition) is 1. The van der Waals surface area contributed by atoms with E-state index in [0.29, 0.717) is 10.6 Å². The zero-order valence-electron chi connectivity index (χ0n) is 10.3. The maximum atomic E-state index is 11.5. The minimum Gasteiger partial charge on any atom is -0.365 e. The maximum Gasteiger partial charge on any atom is 0.252 e. The molecule has 0 aliphatic heterocycles. The Bertz CT molecular complexity index is 590. The molecule has 1 amide bonds. The summed E-state index contributed by atoms with van der Waals surface area (Å²) in [6, 6.07) is 3.72. The Morgan fingerprint density at radius 1 is 1.44 bits per heavy atom. The summed E-state index contributed by atoms with van der Waals surface area (Å²) in [5.41, 5.74) is 8.30. The first-order valence-corrected chi connectivity index (χ1v) is 6.04. The lowest BCUT2D eigenvalue weighted by Crippen LogP contribution is -2.12. The van der Waals surface area contributed by atoms with Gasteiger partial charge in [-0.1, -0.05) is 11.6 Å². The first kappa shape index (κ1) is 12.6. The van der Waals surface area contributed by atoms with Crippen LogP contribution in [0.15, 0.2) is 24.5 Å². The summed E-state index contributed by atoms with van der Waals surface area (Å²) < 4.78 is 1.98. The molecule has 0 aliphatic rings. The molecule has 4 nitrogen and oxygen atoms in total. The molecule has 2 heterocycles. The molecule has 0 atom stereocenters. The van der Waals surface area contributed by atoms with Crippen LogP contribution in [0.2, 0.25) is 5.02 Å². The molecule has 94 valence electrons. The average molecular weight is 264 g/mol. The minimum absolute atomic E-state index is 0.394. The zero-order chi connectivity index (χ0) is 13.3. The molecule has 2 rings (SSSR count). The van der Waals surface area contributed by atoms with Gasteiger partial charge in [-0.3, -0.25) is 9.78 Å². The van der Waals surface area contributed by atoms with Gasteiger partial charge in [0.05, 0.1) is 16.3 Å². The highest BCUT2D eigenvalue weighted by Crippen LogP contribution is 2.35. The second-order valence-corrected chi connectivity index (χ2v) is 4.35. The van der Waals surface area contributed by atoms with Crippen LogP contribution >= 0.6 is 11.6 Å². The molecule has 0 spiro atoms. The van der Waals surface area contributed by atoms with Crippen LogP contribution in [-0.4, -0.2) is 15.5 Å². The first-order chi connectivity index (χ1) is 8.57. The summed E-state index contributed by atoms with van der Waals surface area (Å²) >= 11 is 6.30. The molecule has 0 radical (unpaired) electrons. The fourth-order valence-corrected chi connectivity index (χ4v) is 2.61. The Hall–Kier alpha value is -1.81. The molecule has 2 aromatic heterocycles. The smallest absolute Gasteiger partial charge is 0.252 e. The van der Waals surface area contributed by atoms with E-state index in [1.54, 1.807) is 12.4 Å². The van der Waals surface area contributed by atoms with E-state index in [1.165, 1.54) is 0 Å². The number of nitrogens with zero attached hydrogens (tertiary/aromatic N) is 2. The lowest BCUT2D eigenvalue weighted by atomic mass is 10.1. The van der Waals surface area contributed by atoms with Gasteiger partial charge in [0.2, 0.25) is 0 Å². The molecule has 5 heteroatoms. The van der Waals surface area contributed by atoms with Crippen LogP contribution in [0.25, 0.3) is 11.3 Å². The largest absolute Gasteiger partial charge is 0.365 e. The van der Waals surface area contributed by atoms with Crippen molar-refractivity contribution in [2.75, 3.05) is 0 Å². The molecular formula is C13H14ClN3O. The van der Waals surface area contributed by atoms with Crippen molar-refractivity contribution >= 4 is 17.5 Å². The second-order valence-electron chi connectivity index (χ2n) is 3.97. The van der Waals surface area contributed by atoms with Gasteiger partial charge in [-0.05, 0) is 26.0 Å². The predicted molar refractivity (Wildman–Crippen MR) is 71.6 cm³/mol. The third-order valence-electron chi connectivity index (χ3n) is 2.98. The van der Waals surface area contributed by atoms with Gasteiger partial charge < -0.3 is 10.3 Å². The Labute approximate surface area is 110 Å². The fraction of sp³-hybridized carbons (Fsp3) is 0.231. The number of rotatable bonds is 3. The van der Waals surface area contributed by atoms with Gasteiger partial charge in [-0.15, -0.1) is 0 Å². The Balaban J connectivity index is 2.75.